The van der Waals surface area contributed by atoms with Gasteiger partial charge in [0.1, 0.15) is 0 Å². The van der Waals surface area contributed by atoms with Crippen molar-refractivity contribution in [2.24, 2.45) is 0 Å². The molecule has 1 spiro atoms. The monoisotopic (exact) mass is 760 g/mol. The van der Waals surface area contributed by atoms with Crippen LogP contribution in [0.5, 0.6) is 0 Å². The first-order valence-electron chi connectivity index (χ1n) is 17.9. The highest BCUT2D eigenvalue weighted by molar-refractivity contribution is 9.10. The molecule has 2 aliphatic rings. The van der Waals surface area contributed by atoms with E-state index in [0.717, 1.165) is 54.1 Å². The van der Waals surface area contributed by atoms with E-state index in [1.807, 2.05) is 6.07 Å². The van der Waals surface area contributed by atoms with E-state index >= 15 is 0 Å². The quantitative estimate of drug-likeness (QED) is 0.174. The molecule has 1 aromatic heterocycles. The normalized spacial score (nSPS) is 15.4. The Kier molecular flexibility index (Phi) is 6.71. The minimum Gasteiger partial charge on any atom is -0.309 e. The van der Waals surface area contributed by atoms with Crippen LogP contribution in [0.2, 0.25) is 5.02 Å². The molecule has 2 heterocycles. The molecule has 1 aliphatic carbocycles. The minimum atomic E-state index is -0.621. The third kappa shape index (κ3) is 4.21. The Balaban J connectivity index is 1.37. The van der Waals surface area contributed by atoms with Crippen molar-refractivity contribution < 1.29 is 0 Å². The van der Waals surface area contributed by atoms with Gasteiger partial charge in [0, 0.05) is 26.6 Å². The second-order valence-electron chi connectivity index (χ2n) is 13.9. The largest absolute Gasteiger partial charge is 0.309 e. The Morgan fingerprint density at radius 3 is 1.91 bits per heavy atom. The molecule has 8 aromatic carbocycles. The summed E-state index contributed by atoms with van der Waals surface area (Å²) in [4.78, 5) is 2.47. The van der Waals surface area contributed by atoms with Crippen molar-refractivity contribution in [1.29, 1.82) is 0 Å². The summed E-state index contributed by atoms with van der Waals surface area (Å²) in [7, 11) is 0. The lowest BCUT2D eigenvalue weighted by atomic mass is 9.64. The van der Waals surface area contributed by atoms with Crippen LogP contribution in [0.3, 0.4) is 0 Å². The molecule has 0 fully saturated rings. The maximum absolute atomic E-state index is 7.36. The molecule has 9 aromatic rings. The number of hydrogen-bond donors (Lipinski definition) is 0. The third-order valence-corrected chi connectivity index (χ3v) is 12.1. The van der Waals surface area contributed by atoms with Gasteiger partial charge in [-0.25, -0.2) is 0 Å². The molecular weight excluding hydrogens is 732 g/mol. The molecule has 1 aliphatic heterocycles. The molecule has 2 nitrogen and oxygen atoms in total. The third-order valence-electron chi connectivity index (χ3n) is 11.3. The van der Waals surface area contributed by atoms with Crippen molar-refractivity contribution in [1.82, 2.24) is 4.57 Å². The van der Waals surface area contributed by atoms with E-state index in [-0.39, 0.29) is 0 Å². The van der Waals surface area contributed by atoms with Crippen LogP contribution in [0, 0.1) is 0 Å². The van der Waals surface area contributed by atoms with E-state index in [1.54, 1.807) is 0 Å². The van der Waals surface area contributed by atoms with E-state index in [9.17, 15) is 0 Å². The fraction of sp³-hybridized carbons (Fsp3) is 0.0204. The smallest absolute Gasteiger partial charge is 0.0754 e. The van der Waals surface area contributed by atoms with Gasteiger partial charge in [0.15, 0.2) is 0 Å². The van der Waals surface area contributed by atoms with E-state index in [1.165, 1.54) is 44.5 Å². The Bertz CT molecular complexity index is 2920. The van der Waals surface area contributed by atoms with Crippen LogP contribution in [0.15, 0.2) is 186 Å². The summed E-state index contributed by atoms with van der Waals surface area (Å²) < 4.78 is 3.39. The van der Waals surface area contributed by atoms with E-state index in [2.05, 4.69) is 201 Å². The second kappa shape index (κ2) is 11.6. The number of nitrogens with zero attached hydrogens (tertiary/aromatic N) is 2. The number of rotatable bonds is 3. The molecule has 1 atom stereocenters. The van der Waals surface area contributed by atoms with Gasteiger partial charge in [0.2, 0.25) is 0 Å². The summed E-state index contributed by atoms with van der Waals surface area (Å²) in [6.45, 7) is 0. The topological polar surface area (TPSA) is 8.17 Å². The van der Waals surface area contributed by atoms with Gasteiger partial charge in [-0.2, -0.15) is 0 Å². The van der Waals surface area contributed by atoms with Crippen LogP contribution in [0.4, 0.5) is 17.1 Å². The van der Waals surface area contributed by atoms with Gasteiger partial charge in [0.05, 0.1) is 32.8 Å². The molecule has 0 saturated heterocycles. The lowest BCUT2D eigenvalue weighted by Crippen LogP contribution is -2.36. The standard InChI is InChI=1S/C49H30BrClN2/c50-33-24-26-39-45(30-33)53(35-17-8-3-9-18-35)48-40(27-28-44-47(48)46-42(51)21-12-22-43(46)52(44)34-15-6-2-7-16-34)49(39)38-20-11-10-19-36(38)37-25-23-32(29-41(37)49)31-13-4-1-5-14-31/h1-30H. The van der Waals surface area contributed by atoms with Gasteiger partial charge in [-0.15, -0.1) is 0 Å². The average molecular weight is 762 g/mol. The van der Waals surface area contributed by atoms with E-state index in [4.69, 9.17) is 11.6 Å². The summed E-state index contributed by atoms with van der Waals surface area (Å²) in [5.41, 5.74) is 16.0. The number of halogens is 2. The van der Waals surface area contributed by atoms with E-state index in [0.29, 0.717) is 0 Å². The highest BCUT2D eigenvalue weighted by Crippen LogP contribution is 2.65. The summed E-state index contributed by atoms with van der Waals surface area (Å²) in [6.07, 6.45) is 0. The maximum Gasteiger partial charge on any atom is 0.0754 e. The second-order valence-corrected chi connectivity index (χ2v) is 15.2. The lowest BCUT2D eigenvalue weighted by Gasteiger charge is -2.45. The Labute approximate surface area is 321 Å². The molecule has 53 heavy (non-hydrogen) atoms. The molecule has 0 bridgehead atoms. The zero-order chi connectivity index (χ0) is 35.3. The van der Waals surface area contributed by atoms with Crippen molar-refractivity contribution in [3.8, 4) is 27.9 Å². The number of para-hydroxylation sites is 2. The number of anilines is 3. The van der Waals surface area contributed by atoms with E-state index < -0.39 is 5.41 Å². The first-order chi connectivity index (χ1) is 26.1. The number of fused-ring (bicyclic) bond motifs is 13. The van der Waals surface area contributed by atoms with Crippen molar-refractivity contribution in [3.63, 3.8) is 0 Å². The van der Waals surface area contributed by atoms with Crippen LogP contribution in [0.25, 0.3) is 49.7 Å². The van der Waals surface area contributed by atoms with Gasteiger partial charge in [-0.3, -0.25) is 0 Å². The molecule has 11 rings (SSSR count). The van der Waals surface area contributed by atoms with Gasteiger partial charge in [-0.1, -0.05) is 149 Å². The molecule has 0 radical (unpaired) electrons. The summed E-state index contributed by atoms with van der Waals surface area (Å²) in [5.74, 6) is 0. The molecule has 250 valence electrons. The molecular formula is C49H30BrClN2. The zero-order valence-corrected chi connectivity index (χ0v) is 30.8. The maximum atomic E-state index is 7.36. The Hall–Kier alpha value is -5.87. The summed E-state index contributed by atoms with van der Waals surface area (Å²) in [5, 5.41) is 2.91. The Morgan fingerprint density at radius 2 is 1.11 bits per heavy atom. The lowest BCUT2D eigenvalue weighted by molar-refractivity contribution is 0.754. The van der Waals surface area contributed by atoms with Crippen molar-refractivity contribution in [2.45, 2.75) is 5.41 Å². The zero-order valence-electron chi connectivity index (χ0n) is 28.5. The van der Waals surface area contributed by atoms with Crippen LogP contribution in [-0.2, 0) is 5.41 Å². The Morgan fingerprint density at radius 1 is 0.453 bits per heavy atom. The molecule has 1 unspecified atom stereocenters. The first-order valence-corrected chi connectivity index (χ1v) is 19.1. The average Bonchev–Trinajstić information content (AvgIpc) is 3.71. The summed E-state index contributed by atoms with van der Waals surface area (Å²) in [6, 6.07) is 66.1. The van der Waals surface area contributed by atoms with Crippen LogP contribution >= 0.6 is 27.5 Å². The van der Waals surface area contributed by atoms with Crippen molar-refractivity contribution in [2.75, 3.05) is 4.90 Å². The van der Waals surface area contributed by atoms with Gasteiger partial charge in [-0.05, 0) is 105 Å². The first kappa shape index (κ1) is 30.7. The van der Waals surface area contributed by atoms with Crippen LogP contribution in [0.1, 0.15) is 22.3 Å². The predicted molar refractivity (Wildman–Crippen MR) is 224 cm³/mol. The van der Waals surface area contributed by atoms with Gasteiger partial charge >= 0.3 is 0 Å². The van der Waals surface area contributed by atoms with Crippen LogP contribution in [-0.4, -0.2) is 4.57 Å². The van der Waals surface area contributed by atoms with Crippen molar-refractivity contribution >= 4 is 66.4 Å². The molecule has 0 amide bonds. The van der Waals surface area contributed by atoms with Crippen LogP contribution < -0.4 is 4.90 Å². The highest BCUT2D eigenvalue weighted by atomic mass is 79.9. The molecule has 4 heteroatoms. The predicted octanol–water partition coefficient (Wildman–Crippen LogP) is 14.0. The fourth-order valence-electron chi connectivity index (χ4n) is 9.27. The SMILES string of the molecule is Clc1cccc2c1c1c3c(ccc1n2-c1ccccc1)C1(c2ccccc2-c2ccc(-c4ccccc4)cc21)c1ccc(Br)cc1N3c1ccccc1. The number of benzene rings is 8. The number of aromatic nitrogens is 1. The number of hydrogen-bond acceptors (Lipinski definition) is 1. The van der Waals surface area contributed by atoms with Gasteiger partial charge in [0.25, 0.3) is 0 Å². The molecule has 0 saturated carbocycles. The summed E-state index contributed by atoms with van der Waals surface area (Å²) >= 11 is 11.3. The highest BCUT2D eigenvalue weighted by Gasteiger charge is 2.52. The fourth-order valence-corrected chi connectivity index (χ4v) is 9.88. The van der Waals surface area contributed by atoms with Crippen molar-refractivity contribution in [3.05, 3.63) is 214 Å². The molecule has 0 N–H and O–H groups in total. The minimum absolute atomic E-state index is 0.621. The van der Waals surface area contributed by atoms with Gasteiger partial charge < -0.3 is 9.47 Å².